The highest BCUT2D eigenvalue weighted by Gasteiger charge is 2.27. The second-order valence-corrected chi connectivity index (χ2v) is 7.33. The number of carbonyl (C=O) groups excluding carboxylic acids is 1. The van der Waals surface area contributed by atoms with E-state index in [0.717, 1.165) is 24.7 Å². The van der Waals surface area contributed by atoms with E-state index in [1.807, 2.05) is 43.3 Å². The smallest absolute Gasteiger partial charge is 0.246 e. The highest BCUT2D eigenvalue weighted by Crippen LogP contribution is 2.17. The Bertz CT molecular complexity index is 839. The lowest BCUT2D eigenvalue weighted by atomic mass is 10.2. The van der Waals surface area contributed by atoms with E-state index in [1.165, 1.54) is 5.69 Å². The zero-order chi connectivity index (χ0) is 20.8. The van der Waals surface area contributed by atoms with Gasteiger partial charge in [-0.05, 0) is 26.0 Å². The standard InChI is InChI=1S/C21H31N7O.HI/c1-5-22-21(23-13-17(2)26(4)18-9-7-6-8-10-18)27-11-12-28(20(29)16-27)19-14-24-25(3)15-19;/h6-10,14-15,17H,5,11-13,16H2,1-4H3,(H,22,23);1H. The van der Waals surface area contributed by atoms with Gasteiger partial charge in [-0.25, -0.2) is 0 Å². The highest BCUT2D eigenvalue weighted by molar-refractivity contribution is 14.0. The second-order valence-electron chi connectivity index (χ2n) is 7.33. The molecule has 1 fully saturated rings. The molecular weight excluding hydrogens is 493 g/mol. The number of guanidine groups is 1. The monoisotopic (exact) mass is 525 g/mol. The summed E-state index contributed by atoms with van der Waals surface area (Å²) in [4.78, 5) is 23.6. The van der Waals surface area contributed by atoms with Crippen LogP contribution in [-0.2, 0) is 11.8 Å². The second kappa shape index (κ2) is 11.2. The number of nitrogens with one attached hydrogen (secondary N) is 1. The van der Waals surface area contributed by atoms with Gasteiger partial charge in [0.15, 0.2) is 5.96 Å². The maximum atomic E-state index is 12.7. The molecule has 1 N–H and O–H groups in total. The van der Waals surface area contributed by atoms with Crippen molar-refractivity contribution in [3.63, 3.8) is 0 Å². The van der Waals surface area contributed by atoms with Crippen molar-refractivity contribution in [3.8, 4) is 0 Å². The third-order valence-corrected chi connectivity index (χ3v) is 5.19. The molecule has 30 heavy (non-hydrogen) atoms. The molecule has 1 aromatic carbocycles. The highest BCUT2D eigenvalue weighted by atomic mass is 127. The van der Waals surface area contributed by atoms with E-state index in [0.29, 0.717) is 19.6 Å². The Morgan fingerprint density at radius 3 is 2.63 bits per heavy atom. The van der Waals surface area contributed by atoms with Crippen LogP contribution >= 0.6 is 24.0 Å². The largest absolute Gasteiger partial charge is 0.370 e. The number of aryl methyl sites for hydroxylation is 1. The van der Waals surface area contributed by atoms with E-state index < -0.39 is 0 Å². The molecular formula is C21H32IN7O. The summed E-state index contributed by atoms with van der Waals surface area (Å²) in [5.41, 5.74) is 2.01. The van der Waals surface area contributed by atoms with E-state index in [2.05, 4.69) is 41.4 Å². The Kier molecular flexibility index (Phi) is 8.94. The van der Waals surface area contributed by atoms with E-state index in [1.54, 1.807) is 15.8 Å². The fourth-order valence-electron chi connectivity index (χ4n) is 3.36. The van der Waals surface area contributed by atoms with Crippen LogP contribution in [0.1, 0.15) is 13.8 Å². The zero-order valence-electron chi connectivity index (χ0n) is 18.2. The van der Waals surface area contributed by atoms with Gasteiger partial charge in [0.05, 0.1) is 18.4 Å². The van der Waals surface area contributed by atoms with Crippen LogP contribution in [0.5, 0.6) is 0 Å². The fourth-order valence-corrected chi connectivity index (χ4v) is 3.36. The number of benzene rings is 1. The van der Waals surface area contributed by atoms with Gasteiger partial charge in [-0.1, -0.05) is 18.2 Å². The Balaban J connectivity index is 0.00000320. The summed E-state index contributed by atoms with van der Waals surface area (Å²) in [5.74, 6) is 0.851. The summed E-state index contributed by atoms with van der Waals surface area (Å²) in [6.45, 7) is 7.27. The molecule has 1 aliphatic heterocycles. The van der Waals surface area contributed by atoms with Crippen molar-refractivity contribution < 1.29 is 4.79 Å². The molecule has 2 heterocycles. The molecule has 0 radical (unpaired) electrons. The SMILES string of the molecule is CCNC(=NCC(C)N(C)c1ccccc1)N1CCN(c2cnn(C)c2)C(=O)C1.I. The van der Waals surface area contributed by atoms with E-state index in [-0.39, 0.29) is 35.9 Å². The minimum Gasteiger partial charge on any atom is -0.370 e. The number of likely N-dealkylation sites (N-methyl/N-ethyl adjacent to an activating group) is 1. The van der Waals surface area contributed by atoms with Crippen molar-refractivity contribution in [2.75, 3.05) is 49.6 Å². The molecule has 1 amide bonds. The van der Waals surface area contributed by atoms with Gasteiger partial charge in [0.2, 0.25) is 5.91 Å². The first-order valence-electron chi connectivity index (χ1n) is 10.1. The average Bonchev–Trinajstić information content (AvgIpc) is 3.16. The lowest BCUT2D eigenvalue weighted by Crippen LogP contribution is -2.55. The van der Waals surface area contributed by atoms with Gasteiger partial charge in [0, 0.05) is 51.7 Å². The number of aromatic nitrogens is 2. The number of halogens is 1. The van der Waals surface area contributed by atoms with Gasteiger partial charge >= 0.3 is 0 Å². The molecule has 0 bridgehead atoms. The number of amides is 1. The van der Waals surface area contributed by atoms with Crippen molar-refractivity contribution in [1.82, 2.24) is 20.0 Å². The van der Waals surface area contributed by atoms with Crippen molar-refractivity contribution in [3.05, 3.63) is 42.7 Å². The van der Waals surface area contributed by atoms with Crippen LogP contribution in [0.3, 0.4) is 0 Å². The zero-order valence-corrected chi connectivity index (χ0v) is 20.5. The number of nitrogens with zero attached hydrogens (tertiary/aromatic N) is 6. The van der Waals surface area contributed by atoms with Crippen molar-refractivity contribution in [2.45, 2.75) is 19.9 Å². The normalized spacial score (nSPS) is 15.6. The molecule has 1 aliphatic rings. The van der Waals surface area contributed by atoms with E-state index in [9.17, 15) is 4.79 Å². The maximum absolute atomic E-state index is 12.7. The fraction of sp³-hybridized carbons (Fsp3) is 0.476. The molecule has 3 rings (SSSR count). The van der Waals surface area contributed by atoms with Gasteiger partial charge in [0.25, 0.3) is 0 Å². The first-order chi connectivity index (χ1) is 14.0. The lowest BCUT2D eigenvalue weighted by Gasteiger charge is -2.35. The van der Waals surface area contributed by atoms with Crippen molar-refractivity contribution in [1.29, 1.82) is 0 Å². The summed E-state index contributed by atoms with van der Waals surface area (Å²) in [5, 5.41) is 7.50. The molecule has 0 saturated carbocycles. The van der Waals surface area contributed by atoms with Gasteiger partial charge in [0.1, 0.15) is 6.54 Å². The summed E-state index contributed by atoms with van der Waals surface area (Å²) in [6.07, 6.45) is 3.60. The van der Waals surface area contributed by atoms with Gasteiger partial charge in [-0.15, -0.1) is 24.0 Å². The predicted molar refractivity (Wildman–Crippen MR) is 133 cm³/mol. The molecule has 8 nitrogen and oxygen atoms in total. The van der Waals surface area contributed by atoms with Crippen LogP contribution < -0.4 is 15.1 Å². The van der Waals surface area contributed by atoms with Gasteiger partial charge in [-0.2, -0.15) is 5.10 Å². The molecule has 2 aromatic rings. The lowest BCUT2D eigenvalue weighted by molar-refractivity contribution is -0.120. The van der Waals surface area contributed by atoms with Gasteiger partial charge in [-0.3, -0.25) is 14.5 Å². The third-order valence-electron chi connectivity index (χ3n) is 5.19. The number of hydrogen-bond donors (Lipinski definition) is 1. The van der Waals surface area contributed by atoms with Crippen molar-refractivity contribution >= 4 is 47.2 Å². The van der Waals surface area contributed by atoms with Crippen LogP contribution in [-0.4, -0.2) is 72.4 Å². The summed E-state index contributed by atoms with van der Waals surface area (Å²) in [6, 6.07) is 10.5. The minimum absolute atomic E-state index is 0. The summed E-state index contributed by atoms with van der Waals surface area (Å²) < 4.78 is 1.71. The first kappa shape index (κ1) is 24.0. The van der Waals surface area contributed by atoms with Crippen LogP contribution in [0.4, 0.5) is 11.4 Å². The molecule has 164 valence electrons. The summed E-state index contributed by atoms with van der Waals surface area (Å²) in [7, 11) is 3.94. The molecule has 1 atom stereocenters. The van der Waals surface area contributed by atoms with Crippen molar-refractivity contribution in [2.24, 2.45) is 12.0 Å². The Morgan fingerprint density at radius 2 is 2.03 bits per heavy atom. The number of carbonyl (C=O) groups is 1. The van der Waals surface area contributed by atoms with E-state index >= 15 is 0 Å². The van der Waals surface area contributed by atoms with Gasteiger partial charge < -0.3 is 20.0 Å². The first-order valence-corrected chi connectivity index (χ1v) is 10.1. The minimum atomic E-state index is 0. The number of anilines is 2. The van der Waals surface area contributed by atoms with Crippen LogP contribution in [0.25, 0.3) is 0 Å². The Hall–Kier alpha value is -2.30. The predicted octanol–water partition coefficient (Wildman–Crippen LogP) is 2.18. The average molecular weight is 525 g/mol. The Labute approximate surface area is 195 Å². The van der Waals surface area contributed by atoms with Crippen LogP contribution in [0.15, 0.2) is 47.7 Å². The quantitative estimate of drug-likeness (QED) is 0.356. The summed E-state index contributed by atoms with van der Waals surface area (Å²) >= 11 is 0. The molecule has 1 aromatic heterocycles. The molecule has 0 spiro atoms. The number of hydrogen-bond acceptors (Lipinski definition) is 4. The topological polar surface area (TPSA) is 69.0 Å². The Morgan fingerprint density at radius 1 is 1.30 bits per heavy atom. The molecule has 0 aliphatic carbocycles. The number of piperazine rings is 1. The van der Waals surface area contributed by atoms with Crippen LogP contribution in [0, 0.1) is 0 Å². The number of rotatable bonds is 6. The van der Waals surface area contributed by atoms with Crippen LogP contribution in [0.2, 0.25) is 0 Å². The molecule has 1 unspecified atom stereocenters. The van der Waals surface area contributed by atoms with E-state index in [4.69, 9.17) is 4.99 Å². The number of para-hydroxylation sites is 1. The third kappa shape index (κ3) is 5.87. The maximum Gasteiger partial charge on any atom is 0.246 e. The molecule has 1 saturated heterocycles. The number of aliphatic imine (C=N–C) groups is 1. The molecule has 9 heteroatoms.